The summed E-state index contributed by atoms with van der Waals surface area (Å²) in [7, 11) is 0. The molecule has 0 saturated heterocycles. The summed E-state index contributed by atoms with van der Waals surface area (Å²) in [6.07, 6.45) is 3.83. The maximum absolute atomic E-state index is 13.3. The van der Waals surface area contributed by atoms with Crippen molar-refractivity contribution in [3.63, 3.8) is 0 Å². The maximum atomic E-state index is 13.3. The van der Waals surface area contributed by atoms with Gasteiger partial charge in [0.15, 0.2) is 0 Å². The van der Waals surface area contributed by atoms with Gasteiger partial charge in [-0.15, -0.1) is 0 Å². The van der Waals surface area contributed by atoms with Crippen LogP contribution in [0.4, 0.5) is 4.39 Å². The fraction of sp³-hybridized carbons (Fsp3) is 0.100. The van der Waals surface area contributed by atoms with Gasteiger partial charge in [-0.05, 0) is 47.9 Å². The van der Waals surface area contributed by atoms with Crippen LogP contribution in [0.5, 0.6) is 0 Å². The second-order valence-corrected chi connectivity index (χ2v) is 6.56. The standard InChI is InChI=1S/C20H16ClFN4/c21-16-11-24-7-6-15(16)13-4-5-18-19(10-13)26-20(25-18)17(23)9-12-2-1-3-14(22)8-12/h1-8,10-11,17H,9,23H2,(H,25,26)/t17-/m1/s1. The number of halogens is 2. The minimum absolute atomic E-state index is 0.266. The fourth-order valence-corrected chi connectivity index (χ4v) is 3.22. The Morgan fingerprint density at radius 3 is 2.85 bits per heavy atom. The van der Waals surface area contributed by atoms with Gasteiger partial charge in [-0.1, -0.05) is 29.8 Å². The SMILES string of the molecule is N[C@H](Cc1cccc(F)c1)c1nc2ccc(-c3ccncc3Cl)cc2[nH]1. The molecular formula is C20H16ClFN4. The Kier molecular flexibility index (Phi) is 4.41. The highest BCUT2D eigenvalue weighted by Gasteiger charge is 2.13. The third-order valence-electron chi connectivity index (χ3n) is 4.28. The minimum Gasteiger partial charge on any atom is -0.341 e. The molecule has 2 aromatic carbocycles. The van der Waals surface area contributed by atoms with Crippen molar-refractivity contribution in [2.24, 2.45) is 5.73 Å². The number of nitrogens with one attached hydrogen (secondary N) is 1. The molecule has 0 aliphatic carbocycles. The predicted molar refractivity (Wildman–Crippen MR) is 101 cm³/mol. The van der Waals surface area contributed by atoms with Gasteiger partial charge in [0.2, 0.25) is 0 Å². The van der Waals surface area contributed by atoms with Crippen molar-refractivity contribution in [2.45, 2.75) is 12.5 Å². The van der Waals surface area contributed by atoms with Gasteiger partial charge in [0.1, 0.15) is 11.6 Å². The lowest BCUT2D eigenvalue weighted by Gasteiger charge is -2.08. The molecule has 4 aromatic rings. The number of H-pyrrole nitrogens is 1. The Bertz CT molecular complexity index is 1080. The Balaban J connectivity index is 1.64. The van der Waals surface area contributed by atoms with Crippen LogP contribution in [-0.4, -0.2) is 15.0 Å². The van der Waals surface area contributed by atoms with E-state index in [1.54, 1.807) is 18.5 Å². The van der Waals surface area contributed by atoms with E-state index in [0.717, 1.165) is 27.7 Å². The van der Waals surface area contributed by atoms with E-state index in [9.17, 15) is 4.39 Å². The molecule has 2 heterocycles. The number of nitrogens with zero attached hydrogens (tertiary/aromatic N) is 2. The van der Waals surface area contributed by atoms with E-state index in [2.05, 4.69) is 15.0 Å². The molecule has 2 aromatic heterocycles. The summed E-state index contributed by atoms with van der Waals surface area (Å²) in [6, 6.07) is 13.8. The van der Waals surface area contributed by atoms with E-state index < -0.39 is 0 Å². The third-order valence-corrected chi connectivity index (χ3v) is 4.58. The molecule has 130 valence electrons. The van der Waals surface area contributed by atoms with E-state index in [4.69, 9.17) is 17.3 Å². The molecule has 4 nitrogen and oxygen atoms in total. The molecule has 0 spiro atoms. The summed E-state index contributed by atoms with van der Waals surface area (Å²) in [4.78, 5) is 11.9. The molecule has 4 rings (SSSR count). The zero-order chi connectivity index (χ0) is 18.1. The minimum atomic E-state index is -0.350. The number of pyridine rings is 1. The van der Waals surface area contributed by atoms with Crippen molar-refractivity contribution < 1.29 is 4.39 Å². The van der Waals surface area contributed by atoms with E-state index in [1.807, 2.05) is 30.3 Å². The molecule has 0 aliphatic heterocycles. The van der Waals surface area contributed by atoms with Crippen LogP contribution < -0.4 is 5.73 Å². The monoisotopic (exact) mass is 366 g/mol. The maximum Gasteiger partial charge on any atom is 0.124 e. The number of benzene rings is 2. The second-order valence-electron chi connectivity index (χ2n) is 6.15. The van der Waals surface area contributed by atoms with Gasteiger partial charge in [-0.2, -0.15) is 0 Å². The number of hydrogen-bond donors (Lipinski definition) is 2. The quantitative estimate of drug-likeness (QED) is 0.552. The summed E-state index contributed by atoms with van der Waals surface area (Å²) < 4.78 is 13.3. The summed E-state index contributed by atoms with van der Waals surface area (Å²) in [5.41, 5.74) is 10.7. The number of rotatable bonds is 4. The molecule has 0 radical (unpaired) electrons. The van der Waals surface area contributed by atoms with E-state index in [1.165, 1.54) is 12.1 Å². The van der Waals surface area contributed by atoms with Crippen LogP contribution in [0.2, 0.25) is 5.02 Å². The molecule has 3 N–H and O–H groups in total. The number of fused-ring (bicyclic) bond motifs is 1. The molecule has 1 atom stereocenters. The number of aromatic amines is 1. The molecule has 0 aliphatic rings. The lowest BCUT2D eigenvalue weighted by Crippen LogP contribution is -2.15. The van der Waals surface area contributed by atoms with Crippen molar-refractivity contribution in [3.05, 3.63) is 83.2 Å². The topological polar surface area (TPSA) is 67.6 Å². The average Bonchev–Trinajstić information content (AvgIpc) is 3.05. The van der Waals surface area contributed by atoms with Crippen molar-refractivity contribution in [2.75, 3.05) is 0 Å². The van der Waals surface area contributed by atoms with Crippen LogP contribution in [0, 0.1) is 5.82 Å². The number of imidazole rings is 1. The normalized spacial score (nSPS) is 12.4. The van der Waals surface area contributed by atoms with Gasteiger partial charge in [-0.3, -0.25) is 4.98 Å². The van der Waals surface area contributed by atoms with Gasteiger partial charge in [0.05, 0.1) is 22.1 Å². The van der Waals surface area contributed by atoms with Crippen LogP contribution in [0.15, 0.2) is 60.9 Å². The summed E-state index contributed by atoms with van der Waals surface area (Å²) in [5.74, 6) is 0.403. The molecule has 0 bridgehead atoms. The van der Waals surface area contributed by atoms with Gasteiger partial charge >= 0.3 is 0 Å². The molecule has 0 saturated carbocycles. The van der Waals surface area contributed by atoms with Crippen LogP contribution in [-0.2, 0) is 6.42 Å². The Labute approximate surface area is 154 Å². The van der Waals surface area contributed by atoms with Gasteiger partial charge in [0, 0.05) is 18.0 Å². The summed E-state index contributed by atoms with van der Waals surface area (Å²) in [6.45, 7) is 0. The molecule has 26 heavy (non-hydrogen) atoms. The smallest absolute Gasteiger partial charge is 0.124 e. The Morgan fingerprint density at radius 2 is 2.04 bits per heavy atom. The van der Waals surface area contributed by atoms with Gasteiger partial charge in [0.25, 0.3) is 0 Å². The van der Waals surface area contributed by atoms with Crippen LogP contribution in [0.1, 0.15) is 17.4 Å². The number of nitrogens with two attached hydrogens (primary N) is 1. The first-order chi connectivity index (χ1) is 12.6. The molecule has 0 amide bonds. The highest BCUT2D eigenvalue weighted by molar-refractivity contribution is 6.33. The second kappa shape index (κ2) is 6.86. The molecule has 0 fully saturated rings. The van der Waals surface area contributed by atoms with Crippen LogP contribution in [0.25, 0.3) is 22.2 Å². The first-order valence-electron chi connectivity index (χ1n) is 8.20. The zero-order valence-electron chi connectivity index (χ0n) is 13.8. The highest BCUT2D eigenvalue weighted by atomic mass is 35.5. The van der Waals surface area contributed by atoms with Crippen molar-refractivity contribution in [1.82, 2.24) is 15.0 Å². The van der Waals surface area contributed by atoms with E-state index >= 15 is 0 Å². The highest BCUT2D eigenvalue weighted by Crippen LogP contribution is 2.29. The largest absolute Gasteiger partial charge is 0.341 e. The van der Waals surface area contributed by atoms with Crippen LogP contribution in [0.3, 0.4) is 0 Å². The lowest BCUT2D eigenvalue weighted by molar-refractivity contribution is 0.619. The van der Waals surface area contributed by atoms with Crippen LogP contribution >= 0.6 is 11.6 Å². The van der Waals surface area contributed by atoms with Crippen molar-refractivity contribution in [3.8, 4) is 11.1 Å². The van der Waals surface area contributed by atoms with Crippen molar-refractivity contribution in [1.29, 1.82) is 0 Å². The third kappa shape index (κ3) is 3.31. The fourth-order valence-electron chi connectivity index (χ4n) is 3.00. The zero-order valence-corrected chi connectivity index (χ0v) is 14.5. The summed E-state index contributed by atoms with van der Waals surface area (Å²) >= 11 is 6.23. The average molecular weight is 367 g/mol. The van der Waals surface area contributed by atoms with E-state index in [-0.39, 0.29) is 11.9 Å². The Hall–Kier alpha value is -2.76. The van der Waals surface area contributed by atoms with Crippen molar-refractivity contribution >= 4 is 22.6 Å². The molecular weight excluding hydrogens is 351 g/mol. The first-order valence-corrected chi connectivity index (χ1v) is 8.57. The summed E-state index contributed by atoms with van der Waals surface area (Å²) in [5, 5.41) is 0.592. The Morgan fingerprint density at radius 1 is 1.15 bits per heavy atom. The lowest BCUT2D eigenvalue weighted by atomic mass is 10.1. The number of aromatic nitrogens is 3. The molecule has 6 heteroatoms. The van der Waals surface area contributed by atoms with Gasteiger partial charge < -0.3 is 10.7 Å². The van der Waals surface area contributed by atoms with Gasteiger partial charge in [-0.25, -0.2) is 9.37 Å². The molecule has 0 unspecified atom stereocenters. The first kappa shape index (κ1) is 16.7. The predicted octanol–water partition coefficient (Wildman–Crippen LogP) is 4.66. The number of hydrogen-bond acceptors (Lipinski definition) is 3. The van der Waals surface area contributed by atoms with E-state index in [0.29, 0.717) is 17.3 Å².